The minimum atomic E-state index is 0.602. The molecule has 78 valence electrons. The molecule has 0 aliphatic carbocycles. The summed E-state index contributed by atoms with van der Waals surface area (Å²) in [4.78, 5) is 6.41. The Balaban J connectivity index is 1.86. The standard InChI is InChI=1S/C10H13N5/c1-11-8-6-14(7-8)10-3-2-9-12-4-5-15(9)13-10/h2-5,8,11H,6-7H2,1H3. The molecule has 0 radical (unpaired) electrons. The van der Waals surface area contributed by atoms with Gasteiger partial charge in [0.25, 0.3) is 0 Å². The Bertz CT molecular complexity index is 471. The third-order valence-corrected chi connectivity index (χ3v) is 2.85. The van der Waals surface area contributed by atoms with E-state index < -0.39 is 0 Å². The number of rotatable bonds is 2. The Labute approximate surface area is 87.7 Å². The zero-order valence-electron chi connectivity index (χ0n) is 8.59. The van der Waals surface area contributed by atoms with E-state index in [0.29, 0.717) is 6.04 Å². The lowest BCUT2D eigenvalue weighted by molar-refractivity contribution is 0.445. The second kappa shape index (κ2) is 3.20. The van der Waals surface area contributed by atoms with E-state index in [1.807, 2.05) is 29.9 Å². The Kier molecular flexibility index (Phi) is 1.85. The van der Waals surface area contributed by atoms with Crippen molar-refractivity contribution in [1.29, 1.82) is 0 Å². The molecular weight excluding hydrogens is 190 g/mol. The average molecular weight is 203 g/mol. The summed E-state index contributed by atoms with van der Waals surface area (Å²) in [5.41, 5.74) is 0.893. The molecule has 1 N–H and O–H groups in total. The van der Waals surface area contributed by atoms with Crippen molar-refractivity contribution in [2.45, 2.75) is 6.04 Å². The van der Waals surface area contributed by atoms with E-state index in [1.165, 1.54) is 0 Å². The molecule has 15 heavy (non-hydrogen) atoms. The molecule has 0 aromatic carbocycles. The average Bonchev–Trinajstić information content (AvgIpc) is 2.63. The van der Waals surface area contributed by atoms with E-state index in [1.54, 1.807) is 6.20 Å². The Morgan fingerprint density at radius 1 is 1.40 bits per heavy atom. The van der Waals surface area contributed by atoms with Gasteiger partial charge in [-0.3, -0.25) is 0 Å². The largest absolute Gasteiger partial charge is 0.352 e. The summed E-state index contributed by atoms with van der Waals surface area (Å²) in [5.74, 6) is 1.02. The van der Waals surface area contributed by atoms with Gasteiger partial charge in [0.1, 0.15) is 5.82 Å². The normalized spacial score (nSPS) is 17.0. The SMILES string of the molecule is CNC1CN(c2ccc3nccn3n2)C1. The van der Waals surface area contributed by atoms with Gasteiger partial charge < -0.3 is 10.2 Å². The van der Waals surface area contributed by atoms with Crippen LogP contribution in [0.25, 0.3) is 5.65 Å². The molecule has 3 heterocycles. The first-order chi connectivity index (χ1) is 7.36. The zero-order chi connectivity index (χ0) is 10.3. The van der Waals surface area contributed by atoms with Gasteiger partial charge in [-0.1, -0.05) is 0 Å². The number of aromatic nitrogens is 3. The fraction of sp³-hybridized carbons (Fsp3) is 0.400. The molecule has 0 bridgehead atoms. The Morgan fingerprint density at radius 3 is 3.07 bits per heavy atom. The van der Waals surface area contributed by atoms with Crippen LogP contribution in [-0.2, 0) is 0 Å². The first-order valence-corrected chi connectivity index (χ1v) is 5.09. The summed E-state index contributed by atoms with van der Waals surface area (Å²) in [5, 5.41) is 7.72. The van der Waals surface area contributed by atoms with E-state index in [-0.39, 0.29) is 0 Å². The van der Waals surface area contributed by atoms with Crippen molar-refractivity contribution in [3.8, 4) is 0 Å². The van der Waals surface area contributed by atoms with E-state index in [2.05, 4.69) is 20.3 Å². The highest BCUT2D eigenvalue weighted by molar-refractivity contribution is 5.47. The molecule has 0 amide bonds. The zero-order valence-corrected chi connectivity index (χ0v) is 8.59. The van der Waals surface area contributed by atoms with Gasteiger partial charge >= 0.3 is 0 Å². The number of likely N-dealkylation sites (N-methyl/N-ethyl adjacent to an activating group) is 1. The number of nitrogens with zero attached hydrogens (tertiary/aromatic N) is 4. The highest BCUT2D eigenvalue weighted by atomic mass is 15.4. The maximum Gasteiger partial charge on any atom is 0.153 e. The van der Waals surface area contributed by atoms with Gasteiger partial charge in [-0.25, -0.2) is 9.50 Å². The van der Waals surface area contributed by atoms with E-state index in [0.717, 1.165) is 24.6 Å². The maximum atomic E-state index is 4.48. The molecule has 2 aromatic heterocycles. The molecule has 2 aromatic rings. The number of anilines is 1. The summed E-state index contributed by atoms with van der Waals surface area (Å²) >= 11 is 0. The molecule has 3 rings (SSSR count). The highest BCUT2D eigenvalue weighted by Crippen LogP contribution is 2.17. The van der Waals surface area contributed by atoms with Crippen molar-refractivity contribution in [2.75, 3.05) is 25.0 Å². The first-order valence-electron chi connectivity index (χ1n) is 5.09. The van der Waals surface area contributed by atoms with Crippen LogP contribution < -0.4 is 10.2 Å². The number of hydrogen-bond donors (Lipinski definition) is 1. The topological polar surface area (TPSA) is 45.5 Å². The van der Waals surface area contributed by atoms with Gasteiger partial charge in [0, 0.05) is 31.5 Å². The van der Waals surface area contributed by atoms with E-state index in [4.69, 9.17) is 0 Å². The molecular formula is C10H13N5. The highest BCUT2D eigenvalue weighted by Gasteiger charge is 2.26. The van der Waals surface area contributed by atoms with Crippen molar-refractivity contribution >= 4 is 11.5 Å². The minimum Gasteiger partial charge on any atom is -0.352 e. The Hall–Kier alpha value is -1.62. The molecule has 0 atom stereocenters. The van der Waals surface area contributed by atoms with Crippen LogP contribution in [0.5, 0.6) is 0 Å². The monoisotopic (exact) mass is 203 g/mol. The molecule has 1 aliphatic heterocycles. The summed E-state index contributed by atoms with van der Waals surface area (Å²) in [6.45, 7) is 2.06. The van der Waals surface area contributed by atoms with Crippen molar-refractivity contribution < 1.29 is 0 Å². The molecule has 0 saturated carbocycles. The molecule has 1 fully saturated rings. The van der Waals surface area contributed by atoms with Gasteiger partial charge in [0.15, 0.2) is 5.65 Å². The fourth-order valence-corrected chi connectivity index (χ4v) is 1.82. The summed E-state index contributed by atoms with van der Waals surface area (Å²) in [6, 6.07) is 4.62. The van der Waals surface area contributed by atoms with Gasteiger partial charge in [-0.2, -0.15) is 0 Å². The van der Waals surface area contributed by atoms with Gasteiger partial charge in [0.05, 0.1) is 0 Å². The Morgan fingerprint density at radius 2 is 2.27 bits per heavy atom. The van der Waals surface area contributed by atoms with Crippen molar-refractivity contribution in [3.05, 3.63) is 24.5 Å². The van der Waals surface area contributed by atoms with Gasteiger partial charge in [-0.15, -0.1) is 5.10 Å². The summed E-state index contributed by atoms with van der Waals surface area (Å²) in [7, 11) is 1.99. The predicted octanol–water partition coefficient (Wildman–Crippen LogP) is 0.137. The van der Waals surface area contributed by atoms with Crippen LogP contribution >= 0.6 is 0 Å². The van der Waals surface area contributed by atoms with E-state index >= 15 is 0 Å². The van der Waals surface area contributed by atoms with Crippen LogP contribution in [0.4, 0.5) is 5.82 Å². The third kappa shape index (κ3) is 1.35. The number of hydrogen-bond acceptors (Lipinski definition) is 4. The van der Waals surface area contributed by atoms with Crippen LogP contribution in [-0.4, -0.2) is 40.8 Å². The van der Waals surface area contributed by atoms with Crippen LogP contribution in [0, 0.1) is 0 Å². The fourth-order valence-electron chi connectivity index (χ4n) is 1.82. The number of fused-ring (bicyclic) bond motifs is 1. The second-order valence-electron chi connectivity index (χ2n) is 3.81. The van der Waals surface area contributed by atoms with Gasteiger partial charge in [-0.05, 0) is 19.2 Å². The lowest BCUT2D eigenvalue weighted by Crippen LogP contribution is -2.57. The van der Waals surface area contributed by atoms with Crippen LogP contribution in [0.15, 0.2) is 24.5 Å². The smallest absolute Gasteiger partial charge is 0.153 e. The molecule has 1 aliphatic rings. The van der Waals surface area contributed by atoms with Gasteiger partial charge in [0.2, 0.25) is 0 Å². The third-order valence-electron chi connectivity index (χ3n) is 2.85. The van der Waals surface area contributed by atoms with E-state index in [9.17, 15) is 0 Å². The summed E-state index contributed by atoms with van der Waals surface area (Å²) in [6.07, 6.45) is 3.63. The lowest BCUT2D eigenvalue weighted by Gasteiger charge is -2.39. The predicted molar refractivity (Wildman–Crippen MR) is 58.0 cm³/mol. The van der Waals surface area contributed by atoms with Crippen LogP contribution in [0.3, 0.4) is 0 Å². The number of imidazole rings is 1. The molecule has 5 heteroatoms. The lowest BCUT2D eigenvalue weighted by atomic mass is 10.1. The van der Waals surface area contributed by atoms with Crippen LogP contribution in [0.2, 0.25) is 0 Å². The first kappa shape index (κ1) is 8.67. The quantitative estimate of drug-likeness (QED) is 0.754. The minimum absolute atomic E-state index is 0.602. The maximum absolute atomic E-state index is 4.48. The van der Waals surface area contributed by atoms with Crippen molar-refractivity contribution in [2.24, 2.45) is 0 Å². The molecule has 0 unspecified atom stereocenters. The molecule has 0 spiro atoms. The van der Waals surface area contributed by atoms with Crippen molar-refractivity contribution in [1.82, 2.24) is 19.9 Å². The van der Waals surface area contributed by atoms with Crippen LogP contribution in [0.1, 0.15) is 0 Å². The molecule has 1 saturated heterocycles. The summed E-state index contributed by atoms with van der Waals surface area (Å²) < 4.78 is 1.81. The second-order valence-corrected chi connectivity index (χ2v) is 3.81. The molecule has 5 nitrogen and oxygen atoms in total. The number of nitrogens with one attached hydrogen (secondary N) is 1. The van der Waals surface area contributed by atoms with Crippen molar-refractivity contribution in [3.63, 3.8) is 0 Å².